The lowest BCUT2D eigenvalue weighted by Crippen LogP contribution is -2.28. The summed E-state index contributed by atoms with van der Waals surface area (Å²) in [6.45, 7) is 1.85. The first-order valence-electron chi connectivity index (χ1n) is 18.4. The Balaban J connectivity index is 0.949. The Hall–Kier alpha value is -3.27. The van der Waals surface area contributed by atoms with Gasteiger partial charge in [0.1, 0.15) is 18.3 Å². The van der Waals surface area contributed by atoms with Gasteiger partial charge in [-0.15, -0.1) is 0 Å². The van der Waals surface area contributed by atoms with Crippen molar-refractivity contribution in [3.8, 4) is 0 Å². The van der Waals surface area contributed by atoms with E-state index in [1.807, 2.05) is 0 Å². The highest BCUT2D eigenvalue weighted by molar-refractivity contribution is 7.47. The van der Waals surface area contributed by atoms with Gasteiger partial charge in [-0.3, -0.25) is 27.8 Å². The number of ether oxygens (including phenoxy) is 2. The summed E-state index contributed by atoms with van der Waals surface area (Å²) < 4.78 is 37.8. The van der Waals surface area contributed by atoms with Gasteiger partial charge in [0.15, 0.2) is 11.2 Å². The van der Waals surface area contributed by atoms with E-state index in [1.165, 1.54) is 81.2 Å². The van der Waals surface area contributed by atoms with E-state index in [9.17, 15) is 23.8 Å². The van der Waals surface area contributed by atoms with Crippen LogP contribution in [0.5, 0.6) is 0 Å². The first-order chi connectivity index (χ1) is 24.7. The monoisotopic (exact) mass is 733 g/mol. The second-order valence-electron chi connectivity index (χ2n) is 13.4. The maximum Gasteiger partial charge on any atom is 0.472 e. The van der Waals surface area contributed by atoms with Crippen LogP contribution < -0.4 is 16.6 Å². The van der Waals surface area contributed by atoms with E-state index >= 15 is 0 Å². The van der Waals surface area contributed by atoms with Gasteiger partial charge in [-0.2, -0.15) is 4.98 Å². The first-order valence-corrected chi connectivity index (χ1v) is 19.9. The molecular formula is C34H52N7O9P. The number of amides is 1. The number of hydrogen-bond donors (Lipinski definition) is 3. The van der Waals surface area contributed by atoms with Gasteiger partial charge in [-0.1, -0.05) is 77.6 Å². The van der Waals surface area contributed by atoms with Gasteiger partial charge >= 0.3 is 13.5 Å². The Labute approximate surface area is 297 Å². The summed E-state index contributed by atoms with van der Waals surface area (Å²) in [5, 5.41) is 2.71. The van der Waals surface area contributed by atoms with E-state index in [4.69, 9.17) is 18.5 Å². The van der Waals surface area contributed by atoms with Crippen molar-refractivity contribution >= 4 is 30.7 Å². The molecule has 0 aliphatic carbocycles. The van der Waals surface area contributed by atoms with E-state index in [-0.39, 0.29) is 36.0 Å². The highest BCUT2D eigenvalue weighted by atomic mass is 31.2. The third kappa shape index (κ3) is 11.9. The molecule has 0 bridgehead atoms. The zero-order valence-corrected chi connectivity index (χ0v) is 30.3. The van der Waals surface area contributed by atoms with E-state index in [0.29, 0.717) is 37.8 Å². The van der Waals surface area contributed by atoms with Gasteiger partial charge in [-0.25, -0.2) is 19.3 Å². The van der Waals surface area contributed by atoms with Crippen LogP contribution in [0.2, 0.25) is 0 Å². The molecule has 2 aliphatic rings. The summed E-state index contributed by atoms with van der Waals surface area (Å²) in [6, 6.07) is 1.56. The summed E-state index contributed by atoms with van der Waals surface area (Å²) in [7, 11) is -4.43. The van der Waals surface area contributed by atoms with Crippen LogP contribution >= 0.6 is 7.82 Å². The largest absolute Gasteiger partial charge is 0.472 e. The Morgan fingerprint density at radius 2 is 1.49 bits per heavy atom. The van der Waals surface area contributed by atoms with E-state index in [0.717, 1.165) is 19.3 Å². The molecule has 1 amide bonds. The zero-order chi connectivity index (χ0) is 36.1. The molecule has 282 valence electrons. The maximum atomic E-state index is 12.7. The normalized spacial score (nSPS) is 21.7. The molecule has 5 heterocycles. The molecule has 2 saturated heterocycles. The summed E-state index contributed by atoms with van der Waals surface area (Å²) in [5.74, 6) is 0.0252. The molecule has 16 nitrogen and oxygen atoms in total. The Kier molecular flexibility index (Phi) is 14.9. The number of carbonyl (C=O) groups is 1. The number of unbranched alkanes of at least 4 members (excludes halogenated alkanes) is 11. The molecule has 2 aliphatic heterocycles. The van der Waals surface area contributed by atoms with Gasteiger partial charge in [0.25, 0.3) is 5.56 Å². The number of fused-ring (bicyclic) bond motifs is 1. The van der Waals surface area contributed by atoms with Crippen LogP contribution in [0.25, 0.3) is 11.2 Å². The summed E-state index contributed by atoms with van der Waals surface area (Å²) in [4.78, 5) is 62.1. The van der Waals surface area contributed by atoms with Gasteiger partial charge in [0.05, 0.1) is 38.1 Å². The zero-order valence-electron chi connectivity index (χ0n) is 29.5. The van der Waals surface area contributed by atoms with Crippen molar-refractivity contribution in [2.24, 2.45) is 0 Å². The number of aromatic nitrogens is 6. The summed E-state index contributed by atoms with van der Waals surface area (Å²) >= 11 is 0. The lowest BCUT2D eigenvalue weighted by molar-refractivity contribution is -0.116. The molecule has 0 radical (unpaired) electrons. The minimum absolute atomic E-state index is 0.169. The number of anilines is 1. The van der Waals surface area contributed by atoms with E-state index in [2.05, 4.69) is 32.2 Å². The number of hydrogen-bond acceptors (Lipinski definition) is 11. The molecule has 3 aromatic rings. The van der Waals surface area contributed by atoms with Crippen molar-refractivity contribution in [2.45, 2.75) is 141 Å². The highest BCUT2D eigenvalue weighted by Crippen LogP contribution is 2.45. The van der Waals surface area contributed by atoms with Crippen molar-refractivity contribution < 1.29 is 32.8 Å². The first kappa shape index (κ1) is 38.9. The number of carbonyl (C=O) groups excluding carboxylic acids is 1. The molecule has 5 atom stereocenters. The average Bonchev–Trinajstić information content (AvgIpc) is 3.88. The maximum absolute atomic E-state index is 12.7. The fraction of sp³-hybridized carbons (Fsp3) is 0.706. The number of rotatable bonds is 22. The number of phosphoric acid groups is 1. The molecule has 1 unspecified atom stereocenters. The molecule has 3 N–H and O–H groups in total. The van der Waals surface area contributed by atoms with Gasteiger partial charge in [0, 0.05) is 12.6 Å². The predicted octanol–water partition coefficient (Wildman–Crippen LogP) is 5.90. The van der Waals surface area contributed by atoms with Crippen LogP contribution in [0.4, 0.5) is 5.82 Å². The third-order valence-corrected chi connectivity index (χ3v) is 10.3. The fourth-order valence-electron chi connectivity index (χ4n) is 6.53. The highest BCUT2D eigenvalue weighted by Gasteiger charge is 2.34. The number of aromatic amines is 1. The molecular weight excluding hydrogens is 681 g/mol. The molecule has 0 saturated carbocycles. The number of nitrogens with zero attached hydrogens (tertiary/aromatic N) is 5. The van der Waals surface area contributed by atoms with Crippen molar-refractivity contribution in [2.75, 3.05) is 18.5 Å². The number of H-pyrrole nitrogens is 1. The quantitative estimate of drug-likeness (QED) is 0.0817. The van der Waals surface area contributed by atoms with Crippen LogP contribution in [0.3, 0.4) is 0 Å². The van der Waals surface area contributed by atoms with Gasteiger partial charge < -0.3 is 24.7 Å². The Morgan fingerprint density at radius 1 is 0.902 bits per heavy atom. The minimum atomic E-state index is -4.43. The molecule has 3 aromatic heterocycles. The minimum Gasteiger partial charge on any atom is -0.352 e. The molecule has 5 rings (SSSR count). The van der Waals surface area contributed by atoms with Crippen LogP contribution in [-0.4, -0.2) is 65.3 Å². The topological polar surface area (TPSA) is 202 Å². The van der Waals surface area contributed by atoms with Gasteiger partial charge in [-0.05, 0) is 38.2 Å². The van der Waals surface area contributed by atoms with Crippen molar-refractivity contribution in [3.05, 3.63) is 45.8 Å². The van der Waals surface area contributed by atoms with Crippen LogP contribution in [-0.2, 0) is 27.9 Å². The molecule has 17 heteroatoms. The van der Waals surface area contributed by atoms with Crippen LogP contribution in [0.1, 0.15) is 129 Å². The lowest BCUT2D eigenvalue weighted by atomic mass is 10.0. The number of imidazole rings is 1. The SMILES string of the molecule is CCCCCCCCCCCCCCC(=O)Nc1ccn([C@H]2CC[C@@H](COP(=O)(O)OC[C@@H]3CC[C@H](n4cnc5c(=O)[nH]cnc54)O3)O2)c(=O)n1. The van der Waals surface area contributed by atoms with Crippen molar-refractivity contribution in [1.29, 1.82) is 0 Å². The van der Waals surface area contributed by atoms with E-state index in [1.54, 1.807) is 10.6 Å². The standard InChI is InChI=1S/C34H52N7O9P/c1-2-3-4-5-6-7-8-9-10-11-12-13-14-28(42)38-27-19-20-40(34(44)39-27)29-17-15-25(49-29)21-47-51(45,46)48-22-26-16-18-30(50-26)41-24-37-31-32(41)35-23-36-33(31)43/h19-20,23-26,29-30H,2-18,21-22H2,1H3,(H,45,46)(H,35,36,43)(H,38,39,42,44)/t25-,26-,29+,30+/m0/s1. The molecule has 2 fully saturated rings. The smallest absolute Gasteiger partial charge is 0.352 e. The summed E-state index contributed by atoms with van der Waals surface area (Å²) in [5.41, 5.74) is -0.332. The molecule has 0 spiro atoms. The van der Waals surface area contributed by atoms with Crippen LogP contribution in [0.15, 0.2) is 34.5 Å². The third-order valence-electron chi connectivity index (χ3n) is 9.36. The molecule has 51 heavy (non-hydrogen) atoms. The second kappa shape index (κ2) is 19.5. The van der Waals surface area contributed by atoms with Crippen LogP contribution in [0, 0.1) is 0 Å². The second-order valence-corrected chi connectivity index (χ2v) is 14.8. The predicted molar refractivity (Wildman–Crippen MR) is 189 cm³/mol. The number of nitrogens with one attached hydrogen (secondary N) is 2. The van der Waals surface area contributed by atoms with Crippen molar-refractivity contribution in [3.63, 3.8) is 0 Å². The lowest BCUT2D eigenvalue weighted by Gasteiger charge is -2.19. The Bertz CT molecular complexity index is 1710. The average molecular weight is 734 g/mol. The Morgan fingerprint density at radius 3 is 2.10 bits per heavy atom. The number of phosphoric ester groups is 1. The fourth-order valence-corrected chi connectivity index (χ4v) is 7.31. The summed E-state index contributed by atoms with van der Waals surface area (Å²) in [6.07, 6.45) is 19.3. The molecule has 0 aromatic carbocycles. The van der Waals surface area contributed by atoms with Crippen molar-refractivity contribution in [1.82, 2.24) is 29.1 Å². The van der Waals surface area contributed by atoms with Gasteiger partial charge in [0.2, 0.25) is 5.91 Å². The van der Waals surface area contributed by atoms with E-state index < -0.39 is 38.2 Å².